The molecular weight excluding hydrogens is 344 g/mol. The van der Waals surface area contributed by atoms with Gasteiger partial charge in [0.2, 0.25) is 5.91 Å². The molecule has 0 aliphatic carbocycles. The van der Waals surface area contributed by atoms with Crippen molar-refractivity contribution >= 4 is 23.5 Å². The van der Waals surface area contributed by atoms with E-state index in [9.17, 15) is 14.4 Å². The molecule has 1 aromatic carbocycles. The van der Waals surface area contributed by atoms with Gasteiger partial charge in [0.15, 0.2) is 6.10 Å². The summed E-state index contributed by atoms with van der Waals surface area (Å²) in [5.41, 5.74) is 1.29. The molecule has 0 radical (unpaired) electrons. The number of hydrogen-bond acceptors (Lipinski definition) is 4. The van der Waals surface area contributed by atoms with Gasteiger partial charge in [-0.3, -0.25) is 14.4 Å². The van der Waals surface area contributed by atoms with E-state index in [-0.39, 0.29) is 23.7 Å². The van der Waals surface area contributed by atoms with Crippen LogP contribution in [-0.4, -0.2) is 41.9 Å². The largest absolute Gasteiger partial charge is 0.452 e. The van der Waals surface area contributed by atoms with Crippen LogP contribution in [0, 0.1) is 18.3 Å². The van der Waals surface area contributed by atoms with E-state index in [0.29, 0.717) is 31.6 Å². The van der Waals surface area contributed by atoms with Crippen molar-refractivity contribution in [3.05, 3.63) is 29.8 Å². The van der Waals surface area contributed by atoms with Gasteiger partial charge in [-0.05, 0) is 44.4 Å². The van der Waals surface area contributed by atoms with Gasteiger partial charge in [-0.15, -0.1) is 0 Å². The first-order valence-electron chi connectivity index (χ1n) is 9.45. The fourth-order valence-corrected chi connectivity index (χ4v) is 3.08. The summed E-state index contributed by atoms with van der Waals surface area (Å²) in [6.07, 6.45) is 0.256. The molecule has 1 saturated heterocycles. The van der Waals surface area contributed by atoms with Gasteiger partial charge in [0.25, 0.3) is 5.91 Å². The Labute approximate surface area is 161 Å². The van der Waals surface area contributed by atoms with Gasteiger partial charge in [-0.25, -0.2) is 0 Å². The summed E-state index contributed by atoms with van der Waals surface area (Å²) in [6, 6.07) is 7.44. The zero-order valence-electron chi connectivity index (χ0n) is 16.9. The summed E-state index contributed by atoms with van der Waals surface area (Å²) < 4.78 is 5.36. The van der Waals surface area contributed by atoms with Gasteiger partial charge in [0.1, 0.15) is 0 Å². The molecular formula is C21H30N2O4. The lowest BCUT2D eigenvalue weighted by molar-refractivity contribution is -0.160. The fraction of sp³-hybridized carbons (Fsp3) is 0.571. The number of rotatable bonds is 4. The summed E-state index contributed by atoms with van der Waals surface area (Å²) in [6.45, 7) is 10.3. The number of ether oxygens (including phenoxy) is 1. The zero-order valence-corrected chi connectivity index (χ0v) is 16.9. The zero-order chi connectivity index (χ0) is 20.2. The maximum Gasteiger partial charge on any atom is 0.309 e. The third-order valence-electron chi connectivity index (χ3n) is 4.70. The second kappa shape index (κ2) is 8.55. The maximum absolute atomic E-state index is 12.4. The molecule has 1 heterocycles. The van der Waals surface area contributed by atoms with Crippen LogP contribution in [0.2, 0.25) is 0 Å². The predicted molar refractivity (Wildman–Crippen MR) is 104 cm³/mol. The highest BCUT2D eigenvalue weighted by Gasteiger charge is 2.33. The van der Waals surface area contributed by atoms with E-state index in [1.54, 1.807) is 17.9 Å². The van der Waals surface area contributed by atoms with Crippen molar-refractivity contribution < 1.29 is 19.1 Å². The number of likely N-dealkylation sites (tertiary alicyclic amines) is 1. The Kier molecular flexibility index (Phi) is 6.63. The number of anilines is 1. The van der Waals surface area contributed by atoms with Crippen LogP contribution >= 0.6 is 0 Å². The number of piperidine rings is 1. The molecule has 1 aromatic rings. The number of nitrogens with zero attached hydrogens (tertiary/aromatic N) is 1. The lowest BCUT2D eigenvalue weighted by Crippen LogP contribution is -2.45. The first kappa shape index (κ1) is 20.9. The lowest BCUT2D eigenvalue weighted by atomic mass is 9.91. The van der Waals surface area contributed by atoms with Crippen LogP contribution in [0.15, 0.2) is 24.3 Å². The second-order valence-electron chi connectivity index (χ2n) is 8.25. The van der Waals surface area contributed by atoms with Crippen molar-refractivity contribution in [1.82, 2.24) is 4.90 Å². The maximum atomic E-state index is 12.4. The number of aryl methyl sites for hydroxylation is 1. The van der Waals surface area contributed by atoms with Crippen LogP contribution in [0.1, 0.15) is 46.1 Å². The third kappa shape index (κ3) is 5.81. The van der Waals surface area contributed by atoms with Crippen LogP contribution in [0.5, 0.6) is 0 Å². The van der Waals surface area contributed by atoms with Gasteiger partial charge in [-0.1, -0.05) is 32.9 Å². The van der Waals surface area contributed by atoms with Gasteiger partial charge < -0.3 is 15.0 Å². The van der Waals surface area contributed by atoms with Crippen LogP contribution < -0.4 is 5.32 Å². The Morgan fingerprint density at radius 2 is 1.81 bits per heavy atom. The molecule has 0 bridgehead atoms. The molecule has 1 N–H and O–H groups in total. The van der Waals surface area contributed by atoms with Crippen LogP contribution in [0.25, 0.3) is 0 Å². The Balaban J connectivity index is 1.83. The minimum Gasteiger partial charge on any atom is -0.452 e. The monoisotopic (exact) mass is 374 g/mol. The summed E-state index contributed by atoms with van der Waals surface area (Å²) in [4.78, 5) is 38.8. The number of esters is 1. The smallest absolute Gasteiger partial charge is 0.309 e. The second-order valence-corrected chi connectivity index (χ2v) is 8.25. The molecule has 0 saturated carbocycles. The van der Waals surface area contributed by atoms with Crippen molar-refractivity contribution in [3.8, 4) is 0 Å². The molecule has 1 aliphatic rings. The number of carbonyl (C=O) groups is 3. The molecule has 1 fully saturated rings. The molecule has 1 aliphatic heterocycles. The van der Waals surface area contributed by atoms with Crippen molar-refractivity contribution in [2.45, 2.75) is 53.6 Å². The average Bonchev–Trinajstić information content (AvgIpc) is 2.60. The molecule has 6 nitrogen and oxygen atoms in total. The van der Waals surface area contributed by atoms with Crippen molar-refractivity contribution in [2.75, 3.05) is 18.4 Å². The average molecular weight is 374 g/mol. The minimum absolute atomic E-state index is 0.0974. The van der Waals surface area contributed by atoms with E-state index in [1.807, 2.05) is 45.9 Å². The number of hydrogen-bond donors (Lipinski definition) is 1. The van der Waals surface area contributed by atoms with Crippen molar-refractivity contribution in [3.63, 3.8) is 0 Å². The highest BCUT2D eigenvalue weighted by atomic mass is 16.5. The standard InChI is InChI=1S/C21H30N2O4/c1-14-7-6-8-17(13-14)22-18(24)15(2)27-19(25)16-9-11-23(12-10-16)20(26)21(3,4)5/h6-8,13,15-16H,9-12H2,1-5H3,(H,22,24). The predicted octanol–water partition coefficient (Wildman–Crippen LogP) is 3.15. The van der Waals surface area contributed by atoms with Gasteiger partial charge in [-0.2, -0.15) is 0 Å². The van der Waals surface area contributed by atoms with Crippen molar-refractivity contribution in [2.24, 2.45) is 11.3 Å². The molecule has 6 heteroatoms. The first-order valence-corrected chi connectivity index (χ1v) is 9.45. The SMILES string of the molecule is Cc1cccc(NC(=O)C(C)OC(=O)C2CCN(C(=O)C(C)(C)C)CC2)c1. The molecule has 148 valence electrons. The minimum atomic E-state index is -0.868. The number of nitrogens with one attached hydrogen (secondary N) is 1. The Morgan fingerprint density at radius 3 is 2.37 bits per heavy atom. The molecule has 1 atom stereocenters. The van der Waals surface area contributed by atoms with Crippen LogP contribution in [0.3, 0.4) is 0 Å². The van der Waals surface area contributed by atoms with E-state index >= 15 is 0 Å². The van der Waals surface area contributed by atoms with Crippen molar-refractivity contribution in [1.29, 1.82) is 0 Å². The summed E-state index contributed by atoms with van der Waals surface area (Å²) in [5.74, 6) is -0.900. The van der Waals surface area contributed by atoms with E-state index in [4.69, 9.17) is 4.74 Å². The normalized spacial score (nSPS) is 16.6. The van der Waals surface area contributed by atoms with E-state index < -0.39 is 11.5 Å². The highest BCUT2D eigenvalue weighted by molar-refractivity contribution is 5.95. The van der Waals surface area contributed by atoms with E-state index in [0.717, 1.165) is 5.56 Å². The lowest BCUT2D eigenvalue weighted by Gasteiger charge is -2.35. The fourth-order valence-electron chi connectivity index (χ4n) is 3.08. The van der Waals surface area contributed by atoms with Gasteiger partial charge in [0.05, 0.1) is 5.92 Å². The number of carbonyl (C=O) groups excluding carboxylic acids is 3. The first-order chi connectivity index (χ1) is 12.6. The Bertz CT molecular complexity index is 700. The molecule has 2 rings (SSSR count). The Morgan fingerprint density at radius 1 is 1.19 bits per heavy atom. The van der Waals surface area contributed by atoms with Crippen LogP contribution in [0.4, 0.5) is 5.69 Å². The number of amides is 2. The molecule has 0 aromatic heterocycles. The summed E-state index contributed by atoms with van der Waals surface area (Å²) in [5, 5.41) is 2.76. The molecule has 0 spiro atoms. The quantitative estimate of drug-likeness (QED) is 0.822. The highest BCUT2D eigenvalue weighted by Crippen LogP contribution is 2.24. The van der Waals surface area contributed by atoms with Gasteiger partial charge >= 0.3 is 5.97 Å². The molecule has 2 amide bonds. The third-order valence-corrected chi connectivity index (χ3v) is 4.70. The number of benzene rings is 1. The van der Waals surface area contributed by atoms with E-state index in [1.165, 1.54) is 0 Å². The molecule has 1 unspecified atom stereocenters. The topological polar surface area (TPSA) is 75.7 Å². The summed E-state index contributed by atoms with van der Waals surface area (Å²) in [7, 11) is 0. The summed E-state index contributed by atoms with van der Waals surface area (Å²) >= 11 is 0. The molecule has 27 heavy (non-hydrogen) atoms. The van der Waals surface area contributed by atoms with E-state index in [2.05, 4.69) is 5.32 Å². The van der Waals surface area contributed by atoms with Gasteiger partial charge in [0, 0.05) is 24.2 Å². The van der Waals surface area contributed by atoms with Crippen LogP contribution in [-0.2, 0) is 19.1 Å². The Hall–Kier alpha value is -2.37.